The van der Waals surface area contributed by atoms with Crippen LogP contribution in [-0.2, 0) is 10.4 Å². The summed E-state index contributed by atoms with van der Waals surface area (Å²) in [6.45, 7) is 5.14. The van der Waals surface area contributed by atoms with E-state index in [4.69, 9.17) is 15.6 Å². The number of halogens is 6. The lowest BCUT2D eigenvalue weighted by molar-refractivity contribution is -0.258. The monoisotopic (exact) mass is 588 g/mol. The summed E-state index contributed by atoms with van der Waals surface area (Å²) < 4.78 is 73.6. The third kappa shape index (κ3) is 5.79. The van der Waals surface area contributed by atoms with Gasteiger partial charge in [-0.25, -0.2) is 14.8 Å². The van der Waals surface area contributed by atoms with E-state index in [9.17, 15) is 36.2 Å². The van der Waals surface area contributed by atoms with E-state index in [2.05, 4.69) is 20.2 Å². The largest absolute Gasteiger partial charge is 0.490 e. The molecule has 0 saturated carbocycles. The number of carbonyl (C=O) groups excluding carboxylic acids is 1. The predicted molar refractivity (Wildman–Crippen MR) is 133 cm³/mol. The fraction of sp³-hybridized carbons (Fsp3) is 0.440. The number of aryl methyl sites for hydroxylation is 1. The highest BCUT2D eigenvalue weighted by molar-refractivity contribution is 5.94. The number of carboxylic acids is 1. The number of fused-ring (bicyclic) bond motifs is 3. The summed E-state index contributed by atoms with van der Waals surface area (Å²) in [5, 5.41) is 20.4. The standard InChI is InChI=1S/C23H25F3N6O2.C2HF3O2/c1-13-3-4-14(21(2,34)23(24,25)26)9-15(13)17-10-28-19-18(27)29-16(11-32(17)19)20(33)30-22-5-7-31(12-22)8-6-22;3-2(4,5)1(6)7/h3-4,9-11,34H,5-8,12H2,1-2H3,(H2,27,29)(H,30,33);(H,6,7). The molecule has 222 valence electrons. The first-order chi connectivity index (χ1) is 18.8. The normalized spacial score (nSPS) is 21.7. The summed E-state index contributed by atoms with van der Waals surface area (Å²) in [7, 11) is 0. The molecule has 10 nitrogen and oxygen atoms in total. The molecule has 5 rings (SSSR count). The van der Waals surface area contributed by atoms with E-state index in [1.165, 1.54) is 30.6 Å². The van der Waals surface area contributed by atoms with Crippen molar-refractivity contribution in [3.8, 4) is 11.3 Å². The van der Waals surface area contributed by atoms with Gasteiger partial charge in [0.1, 0.15) is 5.69 Å². The number of anilines is 1. The molecule has 2 aromatic heterocycles. The van der Waals surface area contributed by atoms with Crippen LogP contribution in [0, 0.1) is 6.92 Å². The van der Waals surface area contributed by atoms with Crippen LogP contribution in [0.15, 0.2) is 30.6 Å². The number of rotatable bonds is 4. The molecule has 41 heavy (non-hydrogen) atoms. The van der Waals surface area contributed by atoms with Gasteiger partial charge in [0, 0.05) is 31.4 Å². The van der Waals surface area contributed by atoms with Crippen molar-refractivity contribution in [1.29, 1.82) is 0 Å². The van der Waals surface area contributed by atoms with Gasteiger partial charge in [-0.05, 0) is 43.9 Å². The fourth-order valence-electron chi connectivity index (χ4n) is 4.88. The van der Waals surface area contributed by atoms with E-state index < -0.39 is 23.9 Å². The van der Waals surface area contributed by atoms with Crippen LogP contribution in [0.1, 0.15) is 41.4 Å². The number of aromatic nitrogens is 3. The van der Waals surface area contributed by atoms with Gasteiger partial charge in [0.05, 0.1) is 17.4 Å². The van der Waals surface area contributed by atoms with Crippen LogP contribution >= 0.6 is 0 Å². The summed E-state index contributed by atoms with van der Waals surface area (Å²) in [6, 6.07) is 4.04. The number of nitrogen functional groups attached to an aromatic ring is 1. The highest BCUT2D eigenvalue weighted by atomic mass is 19.4. The highest BCUT2D eigenvalue weighted by Gasteiger charge is 2.51. The van der Waals surface area contributed by atoms with E-state index in [1.54, 1.807) is 11.3 Å². The minimum atomic E-state index is -5.08. The average molecular weight is 589 g/mol. The molecule has 1 unspecified atom stereocenters. The Labute approximate surface area is 228 Å². The molecule has 5 N–H and O–H groups in total. The molecule has 2 aliphatic rings. The zero-order valence-electron chi connectivity index (χ0n) is 21.8. The van der Waals surface area contributed by atoms with E-state index in [0.29, 0.717) is 23.7 Å². The number of hydrogen-bond acceptors (Lipinski definition) is 7. The Hall–Kier alpha value is -3.92. The lowest BCUT2D eigenvalue weighted by Crippen LogP contribution is -2.48. The number of nitrogens with two attached hydrogens (primary N) is 1. The Morgan fingerprint density at radius 1 is 1.12 bits per heavy atom. The van der Waals surface area contributed by atoms with E-state index >= 15 is 0 Å². The van der Waals surface area contributed by atoms with E-state index in [1.807, 2.05) is 0 Å². The van der Waals surface area contributed by atoms with Crippen molar-refractivity contribution in [3.05, 3.63) is 47.4 Å². The third-order valence-electron chi connectivity index (χ3n) is 7.34. The smallest absolute Gasteiger partial charge is 0.475 e. The maximum atomic E-state index is 13.4. The lowest BCUT2D eigenvalue weighted by Gasteiger charge is -2.27. The quantitative estimate of drug-likeness (QED) is 0.340. The van der Waals surface area contributed by atoms with Crippen molar-refractivity contribution >= 4 is 23.3 Å². The van der Waals surface area contributed by atoms with Gasteiger partial charge in [0.2, 0.25) is 0 Å². The molecule has 3 aromatic rings. The Morgan fingerprint density at radius 2 is 1.73 bits per heavy atom. The number of hydrogen-bond donors (Lipinski definition) is 4. The molecule has 2 fully saturated rings. The molecular weight excluding hydrogens is 562 g/mol. The van der Waals surface area contributed by atoms with Crippen molar-refractivity contribution in [2.24, 2.45) is 0 Å². The van der Waals surface area contributed by atoms with Crippen molar-refractivity contribution in [2.45, 2.75) is 50.2 Å². The Kier molecular flexibility index (Phi) is 7.45. The number of piperidine rings is 1. The van der Waals surface area contributed by atoms with Crippen LogP contribution in [0.2, 0.25) is 0 Å². The SMILES string of the molecule is Cc1ccc(C(C)(O)C(F)(F)F)cc1-c1cnc2c(N)nc(C(=O)NC34CCN(CC3)C4)cn12.O=C(O)C(F)(F)F. The number of benzene rings is 1. The van der Waals surface area contributed by atoms with Gasteiger partial charge in [-0.3, -0.25) is 9.20 Å². The number of nitrogens with zero attached hydrogens (tertiary/aromatic N) is 4. The van der Waals surface area contributed by atoms with E-state index in [0.717, 1.165) is 32.5 Å². The maximum absolute atomic E-state index is 13.4. The zero-order valence-corrected chi connectivity index (χ0v) is 21.8. The van der Waals surface area contributed by atoms with Gasteiger partial charge in [-0.2, -0.15) is 26.3 Å². The van der Waals surface area contributed by atoms with Crippen molar-refractivity contribution in [2.75, 3.05) is 25.4 Å². The molecule has 16 heteroatoms. The van der Waals surface area contributed by atoms with Crippen LogP contribution in [-0.4, -0.2) is 78.9 Å². The molecule has 2 saturated heterocycles. The average Bonchev–Trinajstić information content (AvgIpc) is 3.58. The number of carboxylic acid groups (broad SMARTS) is 1. The van der Waals surface area contributed by atoms with Crippen LogP contribution in [0.4, 0.5) is 32.2 Å². The summed E-state index contributed by atoms with van der Waals surface area (Å²) in [4.78, 5) is 32.8. The number of aliphatic hydroxyl groups is 1. The maximum Gasteiger partial charge on any atom is 0.490 e. The number of aliphatic carboxylic acids is 1. The Bertz CT molecular complexity index is 1490. The van der Waals surface area contributed by atoms with Crippen molar-refractivity contribution in [3.63, 3.8) is 0 Å². The van der Waals surface area contributed by atoms with Crippen molar-refractivity contribution in [1.82, 2.24) is 24.6 Å². The van der Waals surface area contributed by atoms with Gasteiger partial charge in [0.15, 0.2) is 17.1 Å². The summed E-state index contributed by atoms with van der Waals surface area (Å²) >= 11 is 0. The molecule has 2 aliphatic heterocycles. The molecule has 1 amide bonds. The second kappa shape index (κ2) is 10.2. The third-order valence-corrected chi connectivity index (χ3v) is 7.34. The second-order valence-electron chi connectivity index (χ2n) is 10.3. The minimum Gasteiger partial charge on any atom is -0.475 e. The predicted octanol–water partition coefficient (Wildman–Crippen LogP) is 3.27. The molecule has 0 aliphatic carbocycles. The molecule has 1 aromatic carbocycles. The number of nitrogens with one attached hydrogen (secondary N) is 1. The fourth-order valence-corrected chi connectivity index (χ4v) is 4.88. The Balaban J connectivity index is 0.000000493. The minimum absolute atomic E-state index is 0.0342. The number of amides is 1. The summed E-state index contributed by atoms with van der Waals surface area (Å²) in [5.74, 6) is -3.08. The topological polar surface area (TPSA) is 146 Å². The number of carbonyl (C=O) groups is 2. The first-order valence-corrected chi connectivity index (χ1v) is 12.2. The van der Waals surface area contributed by atoms with Gasteiger partial charge >= 0.3 is 18.3 Å². The first kappa shape index (κ1) is 30.0. The van der Waals surface area contributed by atoms with Gasteiger partial charge in [0.25, 0.3) is 5.91 Å². The van der Waals surface area contributed by atoms with Crippen LogP contribution in [0.3, 0.4) is 0 Å². The summed E-state index contributed by atoms with van der Waals surface area (Å²) in [6.07, 6.45) is -5.23. The zero-order chi connectivity index (χ0) is 30.5. The van der Waals surface area contributed by atoms with Gasteiger partial charge in [-0.15, -0.1) is 0 Å². The number of alkyl halides is 6. The number of imidazole rings is 1. The second-order valence-corrected chi connectivity index (χ2v) is 10.3. The van der Waals surface area contributed by atoms with Crippen molar-refractivity contribution < 1.29 is 46.1 Å². The molecule has 1 atom stereocenters. The van der Waals surface area contributed by atoms with Gasteiger partial charge in [-0.1, -0.05) is 12.1 Å². The van der Waals surface area contributed by atoms with Crippen LogP contribution in [0.5, 0.6) is 0 Å². The Morgan fingerprint density at radius 3 is 2.24 bits per heavy atom. The molecular formula is C25H26F6N6O4. The summed E-state index contributed by atoms with van der Waals surface area (Å²) in [5.41, 5.74) is 4.39. The van der Waals surface area contributed by atoms with Crippen LogP contribution in [0.25, 0.3) is 16.9 Å². The van der Waals surface area contributed by atoms with Gasteiger partial charge < -0.3 is 26.2 Å². The first-order valence-electron chi connectivity index (χ1n) is 12.2. The molecule has 2 bridgehead atoms. The van der Waals surface area contributed by atoms with Crippen LogP contribution < -0.4 is 11.1 Å². The van der Waals surface area contributed by atoms with E-state index in [-0.39, 0.29) is 34.2 Å². The molecule has 4 heterocycles. The highest BCUT2D eigenvalue weighted by Crippen LogP contribution is 2.40. The lowest BCUT2D eigenvalue weighted by atomic mass is 9.91. The molecule has 0 radical (unpaired) electrons. The molecule has 0 spiro atoms.